The van der Waals surface area contributed by atoms with Crippen molar-refractivity contribution in [3.05, 3.63) is 51.5 Å². The normalized spacial score (nSPS) is 17.8. The van der Waals surface area contributed by atoms with Gasteiger partial charge in [0.2, 0.25) is 0 Å². The third kappa shape index (κ3) is 3.18. The quantitative estimate of drug-likeness (QED) is 0.853. The van der Waals surface area contributed by atoms with Gasteiger partial charge in [-0.25, -0.2) is 0 Å². The fourth-order valence-corrected chi connectivity index (χ4v) is 4.40. The highest BCUT2D eigenvalue weighted by atomic mass is 32.1. The number of hydrogen-bond acceptors (Lipinski definition) is 4. The van der Waals surface area contributed by atoms with E-state index in [1.165, 1.54) is 29.7 Å². The predicted octanol–water partition coefficient (Wildman–Crippen LogP) is 3.19. The molecule has 3 nitrogen and oxygen atoms in total. The molecule has 0 radical (unpaired) electrons. The van der Waals surface area contributed by atoms with Gasteiger partial charge in [0.15, 0.2) is 0 Å². The molecule has 2 atom stereocenters. The number of hydrogen-bond donors (Lipinski definition) is 2. The molecule has 2 unspecified atom stereocenters. The third-order valence-electron chi connectivity index (χ3n) is 4.33. The van der Waals surface area contributed by atoms with Gasteiger partial charge in [0.05, 0.1) is 6.10 Å². The van der Waals surface area contributed by atoms with Crippen LogP contribution < -0.4 is 5.73 Å². The molecule has 0 amide bonds. The molecule has 0 saturated heterocycles. The number of nitrogens with two attached hydrogens (primary N) is 1. The van der Waals surface area contributed by atoms with E-state index in [1.807, 2.05) is 12.1 Å². The molecule has 2 heterocycles. The second-order valence-corrected chi connectivity index (χ2v) is 6.89. The number of rotatable bonds is 4. The SMILES string of the molecule is NCC(c1ccncc1)C(O)c1cc2c(s1)CCCCC2. The van der Waals surface area contributed by atoms with E-state index < -0.39 is 6.10 Å². The predicted molar refractivity (Wildman–Crippen MR) is 86.6 cm³/mol. The first-order valence-electron chi connectivity index (χ1n) is 7.69. The molecule has 0 aromatic carbocycles. The maximum absolute atomic E-state index is 10.8. The molecule has 0 spiro atoms. The van der Waals surface area contributed by atoms with Gasteiger partial charge in [0.25, 0.3) is 0 Å². The van der Waals surface area contributed by atoms with Crippen LogP contribution in [0.25, 0.3) is 0 Å². The molecule has 2 aromatic heterocycles. The zero-order valence-electron chi connectivity index (χ0n) is 12.2. The summed E-state index contributed by atoms with van der Waals surface area (Å²) in [5.74, 6) is -0.0599. The van der Waals surface area contributed by atoms with Gasteiger partial charge in [0.1, 0.15) is 0 Å². The van der Waals surface area contributed by atoms with Crippen molar-refractivity contribution in [3.8, 4) is 0 Å². The monoisotopic (exact) mass is 302 g/mol. The number of aromatic nitrogens is 1. The van der Waals surface area contributed by atoms with Crippen LogP contribution in [0, 0.1) is 0 Å². The maximum atomic E-state index is 10.8. The van der Waals surface area contributed by atoms with Gasteiger partial charge in [-0.3, -0.25) is 4.98 Å². The van der Waals surface area contributed by atoms with Crippen molar-refractivity contribution in [2.75, 3.05) is 6.54 Å². The Bertz CT molecular complexity index is 558. The van der Waals surface area contributed by atoms with Crippen LogP contribution >= 0.6 is 11.3 Å². The van der Waals surface area contributed by atoms with Crippen LogP contribution in [0.2, 0.25) is 0 Å². The largest absolute Gasteiger partial charge is 0.387 e. The number of thiophene rings is 1. The minimum absolute atomic E-state index is 0.0599. The number of fused-ring (bicyclic) bond motifs is 1. The number of aryl methyl sites for hydroxylation is 2. The number of nitrogens with zero attached hydrogens (tertiary/aromatic N) is 1. The topological polar surface area (TPSA) is 59.1 Å². The van der Waals surface area contributed by atoms with Crippen LogP contribution in [0.15, 0.2) is 30.6 Å². The van der Waals surface area contributed by atoms with Gasteiger partial charge in [0, 0.05) is 34.6 Å². The van der Waals surface area contributed by atoms with Crippen molar-refractivity contribution in [2.24, 2.45) is 5.73 Å². The Kier molecular flexibility index (Phi) is 4.68. The molecule has 0 fully saturated rings. The molecule has 1 aliphatic rings. The van der Waals surface area contributed by atoms with E-state index in [0.29, 0.717) is 6.54 Å². The van der Waals surface area contributed by atoms with Crippen LogP contribution in [-0.2, 0) is 12.8 Å². The van der Waals surface area contributed by atoms with Crippen molar-refractivity contribution in [3.63, 3.8) is 0 Å². The fourth-order valence-electron chi connectivity index (χ4n) is 3.09. The van der Waals surface area contributed by atoms with Crippen molar-refractivity contribution in [1.29, 1.82) is 0 Å². The summed E-state index contributed by atoms with van der Waals surface area (Å²) in [6.07, 6.45) is 9.17. The van der Waals surface area contributed by atoms with Crippen LogP contribution in [0.5, 0.6) is 0 Å². The first kappa shape index (κ1) is 14.7. The Balaban J connectivity index is 1.85. The smallest absolute Gasteiger partial charge is 0.0962 e. The Morgan fingerprint density at radius 1 is 1.19 bits per heavy atom. The molecule has 0 aliphatic heterocycles. The van der Waals surface area contributed by atoms with Crippen molar-refractivity contribution in [2.45, 2.75) is 44.1 Å². The van der Waals surface area contributed by atoms with Gasteiger partial charge in [-0.2, -0.15) is 0 Å². The van der Waals surface area contributed by atoms with Crippen molar-refractivity contribution < 1.29 is 5.11 Å². The Hall–Kier alpha value is -1.23. The molecule has 0 bridgehead atoms. The second kappa shape index (κ2) is 6.69. The van der Waals surface area contributed by atoms with E-state index in [0.717, 1.165) is 23.3 Å². The third-order valence-corrected chi connectivity index (χ3v) is 5.63. The maximum Gasteiger partial charge on any atom is 0.0962 e. The lowest BCUT2D eigenvalue weighted by Gasteiger charge is -2.20. The summed E-state index contributed by atoms with van der Waals surface area (Å²) >= 11 is 1.77. The summed E-state index contributed by atoms with van der Waals surface area (Å²) in [4.78, 5) is 6.57. The molecule has 1 aliphatic carbocycles. The lowest BCUT2D eigenvalue weighted by Crippen LogP contribution is -2.19. The summed E-state index contributed by atoms with van der Waals surface area (Å²) in [5.41, 5.74) is 8.42. The molecule has 112 valence electrons. The Morgan fingerprint density at radius 2 is 1.95 bits per heavy atom. The highest BCUT2D eigenvalue weighted by molar-refractivity contribution is 7.12. The van der Waals surface area contributed by atoms with Gasteiger partial charge in [-0.1, -0.05) is 6.42 Å². The van der Waals surface area contributed by atoms with Gasteiger partial charge >= 0.3 is 0 Å². The molecule has 2 aromatic rings. The van der Waals surface area contributed by atoms with Crippen LogP contribution in [0.4, 0.5) is 0 Å². The first-order valence-corrected chi connectivity index (χ1v) is 8.50. The van der Waals surface area contributed by atoms with Crippen LogP contribution in [0.3, 0.4) is 0 Å². The molecule has 4 heteroatoms. The second-order valence-electron chi connectivity index (χ2n) is 5.73. The summed E-state index contributed by atoms with van der Waals surface area (Å²) in [5, 5.41) is 10.8. The van der Waals surface area contributed by atoms with Crippen molar-refractivity contribution in [1.82, 2.24) is 4.98 Å². The fraction of sp³-hybridized carbons (Fsp3) is 0.471. The summed E-state index contributed by atoms with van der Waals surface area (Å²) in [6, 6.07) is 6.10. The highest BCUT2D eigenvalue weighted by Gasteiger charge is 2.24. The summed E-state index contributed by atoms with van der Waals surface area (Å²) in [6.45, 7) is 0.438. The Labute approximate surface area is 129 Å². The zero-order chi connectivity index (χ0) is 14.7. The van der Waals surface area contributed by atoms with Gasteiger partial charge in [-0.15, -0.1) is 11.3 Å². The average molecular weight is 302 g/mol. The van der Waals surface area contributed by atoms with Gasteiger partial charge in [-0.05, 0) is 55.0 Å². The standard InChI is InChI=1S/C17H22N2OS/c18-11-14(12-6-8-19-9-7-12)17(20)16-10-13-4-2-1-3-5-15(13)21-16/h6-10,14,17,20H,1-5,11,18H2. The van der Waals surface area contributed by atoms with Gasteiger partial charge < -0.3 is 10.8 Å². The highest BCUT2D eigenvalue weighted by Crippen LogP contribution is 2.37. The zero-order valence-corrected chi connectivity index (χ0v) is 13.0. The van der Waals surface area contributed by atoms with E-state index in [4.69, 9.17) is 5.73 Å². The summed E-state index contributed by atoms with van der Waals surface area (Å²) in [7, 11) is 0. The van der Waals surface area contributed by atoms with Crippen LogP contribution in [-0.4, -0.2) is 16.6 Å². The van der Waals surface area contributed by atoms with E-state index in [2.05, 4.69) is 11.1 Å². The number of pyridine rings is 1. The lowest BCUT2D eigenvalue weighted by molar-refractivity contribution is 0.151. The van der Waals surface area contributed by atoms with Crippen LogP contribution in [0.1, 0.15) is 52.2 Å². The molecule has 3 rings (SSSR count). The Morgan fingerprint density at radius 3 is 2.71 bits per heavy atom. The molecule has 3 N–H and O–H groups in total. The summed E-state index contributed by atoms with van der Waals surface area (Å²) < 4.78 is 0. The molecule has 0 saturated carbocycles. The van der Waals surface area contributed by atoms with E-state index in [-0.39, 0.29) is 5.92 Å². The average Bonchev–Trinajstić information content (AvgIpc) is 2.80. The molecule has 21 heavy (non-hydrogen) atoms. The lowest BCUT2D eigenvalue weighted by atomic mass is 9.93. The number of aliphatic hydroxyl groups is 1. The minimum Gasteiger partial charge on any atom is -0.387 e. The molecular formula is C17H22N2OS. The van der Waals surface area contributed by atoms with E-state index >= 15 is 0 Å². The minimum atomic E-state index is -0.519. The van der Waals surface area contributed by atoms with Crippen molar-refractivity contribution >= 4 is 11.3 Å². The van der Waals surface area contributed by atoms with E-state index in [9.17, 15) is 5.11 Å². The number of aliphatic hydroxyl groups excluding tert-OH is 1. The van der Waals surface area contributed by atoms with E-state index in [1.54, 1.807) is 23.7 Å². The molecular weight excluding hydrogens is 280 g/mol. The first-order chi connectivity index (χ1) is 10.3.